The summed E-state index contributed by atoms with van der Waals surface area (Å²) in [7, 11) is -3.34. The summed E-state index contributed by atoms with van der Waals surface area (Å²) in [5.41, 5.74) is 2.88. The van der Waals surface area contributed by atoms with Crippen LogP contribution in [0.15, 0.2) is 12.1 Å². The van der Waals surface area contributed by atoms with E-state index in [2.05, 4.69) is 17.4 Å². The Morgan fingerprint density at radius 3 is 2.67 bits per heavy atom. The maximum atomic E-state index is 12.2. The zero-order valence-corrected chi connectivity index (χ0v) is 21.9. The molecule has 2 fully saturated rings. The number of hydrogen-bond donors (Lipinski definition) is 2. The highest BCUT2D eigenvalue weighted by atomic mass is 32.2. The first-order chi connectivity index (χ1) is 17.0. The molecule has 4 rings (SSSR count). The molecule has 1 atom stereocenters. The average Bonchev–Trinajstić information content (AvgIpc) is 2.76. The molecule has 1 amide bonds. The van der Waals surface area contributed by atoms with Crippen LogP contribution >= 0.6 is 0 Å². The molecule has 2 heterocycles. The number of sulfonamides is 1. The number of nitrogens with zero attached hydrogens (tertiary/aromatic N) is 2. The van der Waals surface area contributed by atoms with Crippen LogP contribution in [0.4, 0.5) is 4.79 Å². The Labute approximate surface area is 212 Å². The lowest BCUT2D eigenvalue weighted by Crippen LogP contribution is -2.64. The van der Waals surface area contributed by atoms with Crippen LogP contribution in [0.25, 0.3) is 0 Å². The van der Waals surface area contributed by atoms with Crippen molar-refractivity contribution in [2.75, 3.05) is 26.0 Å². The first-order valence-electron chi connectivity index (χ1n) is 12.8. The second kappa shape index (κ2) is 11.0. The molecule has 10 nitrogen and oxygen atoms in total. The molecule has 1 aromatic heterocycles. The van der Waals surface area contributed by atoms with E-state index in [0.29, 0.717) is 5.92 Å². The van der Waals surface area contributed by atoms with Crippen LogP contribution in [0.3, 0.4) is 0 Å². The lowest BCUT2D eigenvalue weighted by molar-refractivity contribution is -0.140. The highest BCUT2D eigenvalue weighted by Gasteiger charge is 2.46. The number of carboxylic acid groups (broad SMARTS) is 1. The fourth-order valence-corrected chi connectivity index (χ4v) is 6.18. The number of ether oxygens (including phenoxy) is 2. The largest absolute Gasteiger partial charge is 0.480 e. The van der Waals surface area contributed by atoms with Crippen LogP contribution < -0.4 is 5.32 Å². The summed E-state index contributed by atoms with van der Waals surface area (Å²) in [5, 5.41) is 11.8. The Morgan fingerprint density at radius 1 is 1.25 bits per heavy atom. The number of aryl methyl sites for hydroxylation is 3. The van der Waals surface area contributed by atoms with E-state index in [1.165, 1.54) is 34.1 Å². The van der Waals surface area contributed by atoms with Crippen molar-refractivity contribution in [1.29, 1.82) is 0 Å². The third-order valence-corrected chi connectivity index (χ3v) is 8.61. The quantitative estimate of drug-likeness (QED) is 0.451. The molecule has 11 heteroatoms. The van der Waals surface area contributed by atoms with Crippen LogP contribution in [0, 0.1) is 5.92 Å². The number of rotatable bonds is 11. The number of nitrogens with one attached hydrogen (secondary N) is 1. The number of fused-ring (bicyclic) bond motifs is 1. The molecule has 0 radical (unpaired) electrons. The summed E-state index contributed by atoms with van der Waals surface area (Å²) in [6.45, 7) is 1.93. The molecule has 1 aromatic rings. The maximum absolute atomic E-state index is 12.2. The average molecular weight is 524 g/mol. The van der Waals surface area contributed by atoms with Gasteiger partial charge in [-0.1, -0.05) is 6.07 Å². The molecular formula is C25H37N3O7S. The Kier molecular flexibility index (Phi) is 8.21. The van der Waals surface area contributed by atoms with Crippen molar-refractivity contribution < 1.29 is 32.6 Å². The van der Waals surface area contributed by atoms with Crippen LogP contribution in [0.1, 0.15) is 62.4 Å². The number of amides is 1. The summed E-state index contributed by atoms with van der Waals surface area (Å²) < 4.78 is 35.3. The number of hydrogen-bond acceptors (Lipinski definition) is 7. The molecule has 200 valence electrons. The molecule has 0 aromatic carbocycles. The number of aromatic nitrogens is 1. The summed E-state index contributed by atoms with van der Waals surface area (Å²) in [5.74, 6) is -0.581. The van der Waals surface area contributed by atoms with Gasteiger partial charge in [-0.25, -0.2) is 18.0 Å². The van der Waals surface area contributed by atoms with E-state index in [1.54, 1.807) is 6.92 Å². The molecule has 36 heavy (non-hydrogen) atoms. The molecule has 0 bridgehead atoms. The second-order valence-corrected chi connectivity index (χ2v) is 12.7. The molecule has 2 N–H and O–H groups in total. The third kappa shape index (κ3) is 6.95. The van der Waals surface area contributed by atoms with E-state index in [9.17, 15) is 23.1 Å². The molecule has 1 saturated carbocycles. The first-order valence-corrected chi connectivity index (χ1v) is 14.6. The van der Waals surface area contributed by atoms with E-state index in [-0.39, 0.29) is 32.2 Å². The van der Waals surface area contributed by atoms with Crippen LogP contribution in [-0.2, 0) is 43.6 Å². The lowest BCUT2D eigenvalue weighted by Gasteiger charge is -2.45. The van der Waals surface area contributed by atoms with Gasteiger partial charge < -0.3 is 19.9 Å². The van der Waals surface area contributed by atoms with Gasteiger partial charge in [0.15, 0.2) is 0 Å². The molecule has 2 aliphatic carbocycles. The highest BCUT2D eigenvalue weighted by molar-refractivity contribution is 7.88. The minimum Gasteiger partial charge on any atom is -0.480 e. The predicted octanol–water partition coefficient (Wildman–Crippen LogP) is 2.29. The third-order valence-electron chi connectivity index (χ3n) is 7.42. The number of aliphatic carboxylic acids is 1. The number of alkyl carbamates (subject to hydrolysis) is 1. The molecule has 3 aliphatic rings. The van der Waals surface area contributed by atoms with Gasteiger partial charge in [0.25, 0.3) is 0 Å². The van der Waals surface area contributed by atoms with Gasteiger partial charge in [0.1, 0.15) is 11.6 Å². The standard InChI is InChI=1S/C25H37N3O7S/c1-25(15-28(16-25)36(2,32)33)35-24(31)27-22(23(29)30)11-12-34-20-13-17(14-20)7-9-19-10-8-18-5-3-4-6-21(18)26-19/h8,10,17,20,22H,3-7,9,11-16H2,1-2H3,(H,27,31)(H,29,30). The van der Waals surface area contributed by atoms with Gasteiger partial charge in [0.05, 0.1) is 25.4 Å². The van der Waals surface area contributed by atoms with Crippen LogP contribution in [-0.4, -0.2) is 78.6 Å². The van der Waals surface area contributed by atoms with E-state index in [4.69, 9.17) is 14.5 Å². The molecule has 1 saturated heterocycles. The number of carboxylic acids is 1. The van der Waals surface area contributed by atoms with E-state index in [0.717, 1.165) is 44.8 Å². The SMILES string of the molecule is CC1(OC(=O)NC(CCOC2CC(CCc3ccc4c(n3)CCCC4)C2)C(=O)O)CN(S(C)(=O)=O)C1. The van der Waals surface area contributed by atoms with Gasteiger partial charge in [0, 0.05) is 24.4 Å². The van der Waals surface area contributed by atoms with Crippen molar-refractivity contribution in [3.8, 4) is 0 Å². The highest BCUT2D eigenvalue weighted by Crippen LogP contribution is 2.34. The van der Waals surface area contributed by atoms with Crippen molar-refractivity contribution >= 4 is 22.1 Å². The smallest absolute Gasteiger partial charge is 0.408 e. The molecular weight excluding hydrogens is 486 g/mol. The number of carbonyl (C=O) groups excluding carboxylic acids is 1. The zero-order chi connectivity index (χ0) is 25.9. The fourth-order valence-electron chi connectivity index (χ4n) is 5.17. The summed E-state index contributed by atoms with van der Waals surface area (Å²) in [6.07, 6.45) is 9.12. The summed E-state index contributed by atoms with van der Waals surface area (Å²) in [4.78, 5) is 28.6. The Morgan fingerprint density at radius 2 is 1.97 bits per heavy atom. The van der Waals surface area contributed by atoms with Crippen LogP contribution in [0.5, 0.6) is 0 Å². The van der Waals surface area contributed by atoms with Gasteiger partial charge in [0.2, 0.25) is 10.0 Å². The molecule has 1 unspecified atom stereocenters. The summed E-state index contributed by atoms with van der Waals surface area (Å²) >= 11 is 0. The van der Waals surface area contributed by atoms with Crippen molar-refractivity contribution in [3.05, 3.63) is 29.1 Å². The number of pyridine rings is 1. The van der Waals surface area contributed by atoms with Crippen molar-refractivity contribution in [3.63, 3.8) is 0 Å². The lowest BCUT2D eigenvalue weighted by atomic mass is 9.79. The maximum Gasteiger partial charge on any atom is 0.408 e. The van der Waals surface area contributed by atoms with Gasteiger partial charge in [-0.05, 0) is 75.8 Å². The van der Waals surface area contributed by atoms with Gasteiger partial charge in [-0.15, -0.1) is 0 Å². The minimum atomic E-state index is -3.34. The van der Waals surface area contributed by atoms with E-state index in [1.807, 2.05) is 0 Å². The predicted molar refractivity (Wildman–Crippen MR) is 132 cm³/mol. The van der Waals surface area contributed by atoms with Gasteiger partial charge >= 0.3 is 12.1 Å². The fraction of sp³-hybridized carbons (Fsp3) is 0.720. The first kappa shape index (κ1) is 26.8. The van der Waals surface area contributed by atoms with Crippen molar-refractivity contribution in [1.82, 2.24) is 14.6 Å². The Balaban J connectivity index is 1.11. The molecule has 1 aliphatic heterocycles. The van der Waals surface area contributed by atoms with Gasteiger partial charge in [-0.2, -0.15) is 4.31 Å². The van der Waals surface area contributed by atoms with Gasteiger partial charge in [-0.3, -0.25) is 4.98 Å². The zero-order valence-electron chi connectivity index (χ0n) is 21.1. The topological polar surface area (TPSA) is 135 Å². The van der Waals surface area contributed by atoms with E-state index >= 15 is 0 Å². The number of carbonyl (C=O) groups is 2. The Hall–Kier alpha value is -2.24. The van der Waals surface area contributed by atoms with E-state index < -0.39 is 33.7 Å². The monoisotopic (exact) mass is 523 g/mol. The molecule has 0 spiro atoms. The van der Waals surface area contributed by atoms with Crippen molar-refractivity contribution in [2.45, 2.75) is 82.5 Å². The Bertz CT molecular complexity index is 1070. The van der Waals surface area contributed by atoms with Crippen LogP contribution in [0.2, 0.25) is 0 Å². The minimum absolute atomic E-state index is 0.0471. The van der Waals surface area contributed by atoms with Crippen molar-refractivity contribution in [2.24, 2.45) is 5.92 Å². The normalized spacial score (nSPS) is 24.1. The second-order valence-electron chi connectivity index (χ2n) is 10.7. The summed E-state index contributed by atoms with van der Waals surface area (Å²) in [6, 6.07) is 3.26.